The second-order valence-corrected chi connectivity index (χ2v) is 12.0. The fraction of sp³-hybridized carbons (Fsp3) is 0.485. The molecule has 0 amide bonds. The fourth-order valence-electron chi connectivity index (χ4n) is 6.14. The Labute approximate surface area is 251 Å². The predicted octanol–water partition coefficient (Wildman–Crippen LogP) is 4.91. The van der Waals surface area contributed by atoms with E-state index >= 15 is 0 Å². The van der Waals surface area contributed by atoms with Gasteiger partial charge in [-0.1, -0.05) is 19.1 Å². The maximum Gasteiger partial charge on any atom is 0.352 e. The van der Waals surface area contributed by atoms with Crippen molar-refractivity contribution < 1.29 is 34.0 Å². The van der Waals surface area contributed by atoms with Gasteiger partial charge in [0.05, 0.1) is 30.5 Å². The number of nitrogens with zero attached hydrogens (tertiary/aromatic N) is 1. The molecule has 2 atom stereocenters. The third-order valence-corrected chi connectivity index (χ3v) is 8.89. The predicted molar refractivity (Wildman–Crippen MR) is 165 cm³/mol. The molecule has 2 aromatic heterocycles. The molecule has 0 unspecified atom stereocenters. The molecule has 1 saturated heterocycles. The largest absolute Gasteiger partial charge is 0.496 e. The topological polar surface area (TPSA) is 154 Å². The number of furan rings is 1. The highest BCUT2D eigenvalue weighted by atomic mass is 16.5. The molecule has 2 aromatic carbocycles. The van der Waals surface area contributed by atoms with Crippen LogP contribution in [0.15, 0.2) is 53.1 Å². The van der Waals surface area contributed by atoms with Crippen LogP contribution in [0.1, 0.15) is 61.5 Å². The number of carboxylic acid groups (broad SMARTS) is 1. The molecule has 6 N–H and O–H groups in total. The average Bonchev–Trinajstić information content (AvgIpc) is 3.64. The lowest BCUT2D eigenvalue weighted by Gasteiger charge is -2.39. The summed E-state index contributed by atoms with van der Waals surface area (Å²) in [5.41, 5.74) is 7.81. The van der Waals surface area contributed by atoms with Crippen molar-refractivity contribution in [3.8, 4) is 11.5 Å². The van der Waals surface area contributed by atoms with Gasteiger partial charge in [0.25, 0.3) is 0 Å². The minimum absolute atomic E-state index is 0.126. The van der Waals surface area contributed by atoms with E-state index in [1.807, 2.05) is 30.3 Å². The summed E-state index contributed by atoms with van der Waals surface area (Å²) >= 11 is 0. The first-order chi connectivity index (χ1) is 20.7. The Balaban J connectivity index is 0.000000181. The van der Waals surface area contributed by atoms with Gasteiger partial charge in [0.2, 0.25) is 0 Å². The van der Waals surface area contributed by atoms with Gasteiger partial charge in [-0.3, -0.25) is 0 Å². The first-order valence-electron chi connectivity index (χ1n) is 15.0. The van der Waals surface area contributed by atoms with Crippen LogP contribution in [0, 0.1) is 5.92 Å². The number of aromatic nitrogens is 1. The van der Waals surface area contributed by atoms with Gasteiger partial charge in [0.1, 0.15) is 29.4 Å². The second kappa shape index (κ2) is 13.4. The van der Waals surface area contributed by atoms with Crippen molar-refractivity contribution in [1.82, 2.24) is 9.88 Å². The number of aromatic amines is 1. The lowest BCUT2D eigenvalue weighted by molar-refractivity contribution is -0.0252. The summed E-state index contributed by atoms with van der Waals surface area (Å²) in [5.74, 6) is 0.671. The van der Waals surface area contributed by atoms with Crippen molar-refractivity contribution in [2.45, 2.75) is 69.8 Å². The lowest BCUT2D eigenvalue weighted by Crippen LogP contribution is -2.45. The molecule has 1 saturated carbocycles. The summed E-state index contributed by atoms with van der Waals surface area (Å²) in [4.78, 5) is 16.4. The number of fused-ring (bicyclic) bond motifs is 2. The van der Waals surface area contributed by atoms with Crippen LogP contribution >= 0.6 is 0 Å². The zero-order valence-electron chi connectivity index (χ0n) is 24.9. The number of benzene rings is 2. The normalized spacial score (nSPS) is 24.4. The van der Waals surface area contributed by atoms with Gasteiger partial charge in [-0.15, -0.1) is 0 Å². The molecule has 232 valence electrons. The Hall–Kier alpha value is -3.57. The van der Waals surface area contributed by atoms with Crippen LogP contribution < -0.4 is 15.2 Å². The van der Waals surface area contributed by atoms with E-state index in [1.165, 1.54) is 0 Å². The molecule has 2 fully saturated rings. The summed E-state index contributed by atoms with van der Waals surface area (Å²) in [5, 5.41) is 30.9. The monoisotopic (exact) mass is 593 g/mol. The van der Waals surface area contributed by atoms with E-state index in [9.17, 15) is 15.0 Å². The van der Waals surface area contributed by atoms with Crippen LogP contribution in [0.4, 0.5) is 0 Å². The zero-order valence-corrected chi connectivity index (χ0v) is 24.9. The quantitative estimate of drug-likeness (QED) is 0.192. The van der Waals surface area contributed by atoms with E-state index in [-0.39, 0.29) is 24.4 Å². The number of hydrogen-bond acceptors (Lipinski definition) is 8. The lowest BCUT2D eigenvalue weighted by atomic mass is 9.80. The average molecular weight is 594 g/mol. The van der Waals surface area contributed by atoms with Crippen LogP contribution in [-0.4, -0.2) is 75.7 Å². The molecule has 4 aromatic rings. The number of carbonyl (C=O) groups is 1. The Morgan fingerprint density at radius 1 is 1.16 bits per heavy atom. The number of piperidine rings is 1. The van der Waals surface area contributed by atoms with Gasteiger partial charge < -0.3 is 44.8 Å². The van der Waals surface area contributed by atoms with Crippen LogP contribution in [0.25, 0.3) is 21.9 Å². The van der Waals surface area contributed by atoms with Gasteiger partial charge in [-0.2, -0.15) is 0 Å². The minimum Gasteiger partial charge on any atom is -0.496 e. The SMILES string of the molecule is COc1cccc2occ(COc3cccc4[nH]c(C(=O)O)cc34)c12.C[C@H]1CN(CCC2(O)CCC(N)CC2)CC[C@@H]1O. The third kappa shape index (κ3) is 7.33. The van der Waals surface area contributed by atoms with Gasteiger partial charge >= 0.3 is 5.97 Å². The highest BCUT2D eigenvalue weighted by molar-refractivity contribution is 5.96. The first-order valence-corrected chi connectivity index (χ1v) is 15.0. The van der Waals surface area contributed by atoms with Crippen molar-refractivity contribution in [2.75, 3.05) is 26.7 Å². The maximum absolute atomic E-state index is 11.1. The number of rotatable bonds is 8. The van der Waals surface area contributed by atoms with Gasteiger partial charge in [-0.05, 0) is 74.8 Å². The molecule has 0 bridgehead atoms. The molecule has 0 radical (unpaired) electrons. The van der Waals surface area contributed by atoms with Crippen molar-refractivity contribution in [3.05, 3.63) is 60.0 Å². The first kappa shape index (κ1) is 30.9. The van der Waals surface area contributed by atoms with Gasteiger partial charge in [-0.25, -0.2) is 4.79 Å². The summed E-state index contributed by atoms with van der Waals surface area (Å²) in [6, 6.07) is 12.9. The van der Waals surface area contributed by atoms with E-state index < -0.39 is 11.6 Å². The van der Waals surface area contributed by atoms with E-state index in [4.69, 9.17) is 24.7 Å². The number of likely N-dealkylation sites (tertiary alicyclic amines) is 1. The molecule has 0 spiro atoms. The number of methoxy groups -OCH3 is 1. The Morgan fingerprint density at radius 2 is 1.91 bits per heavy atom. The van der Waals surface area contributed by atoms with E-state index in [1.54, 1.807) is 25.5 Å². The summed E-state index contributed by atoms with van der Waals surface area (Å²) in [6.45, 7) is 5.24. The highest BCUT2D eigenvalue weighted by Crippen LogP contribution is 2.33. The second-order valence-electron chi connectivity index (χ2n) is 12.0. The smallest absolute Gasteiger partial charge is 0.352 e. The molecule has 10 heteroatoms. The maximum atomic E-state index is 11.1. The van der Waals surface area contributed by atoms with Crippen LogP contribution in [0.5, 0.6) is 11.5 Å². The van der Waals surface area contributed by atoms with Crippen molar-refractivity contribution in [2.24, 2.45) is 11.7 Å². The molecule has 43 heavy (non-hydrogen) atoms. The van der Waals surface area contributed by atoms with E-state index in [2.05, 4.69) is 16.8 Å². The molecular formula is C33H43N3O7. The van der Waals surface area contributed by atoms with E-state index in [0.29, 0.717) is 17.2 Å². The van der Waals surface area contributed by atoms with Crippen molar-refractivity contribution in [1.29, 1.82) is 0 Å². The Kier molecular flexibility index (Phi) is 9.61. The van der Waals surface area contributed by atoms with Crippen molar-refractivity contribution >= 4 is 27.8 Å². The minimum atomic E-state index is -1.01. The zero-order chi connectivity index (χ0) is 30.6. The summed E-state index contributed by atoms with van der Waals surface area (Å²) < 4.78 is 16.9. The Bertz CT molecular complexity index is 1520. The molecule has 3 heterocycles. The summed E-state index contributed by atoms with van der Waals surface area (Å²) in [7, 11) is 1.61. The molecular weight excluding hydrogens is 550 g/mol. The molecule has 1 aliphatic heterocycles. The molecule has 2 aliphatic rings. The third-order valence-electron chi connectivity index (χ3n) is 8.89. The highest BCUT2D eigenvalue weighted by Gasteiger charge is 2.33. The van der Waals surface area contributed by atoms with Crippen LogP contribution in [0.3, 0.4) is 0 Å². The Morgan fingerprint density at radius 3 is 2.63 bits per heavy atom. The number of ether oxygens (including phenoxy) is 2. The number of aliphatic hydroxyl groups is 2. The van der Waals surface area contributed by atoms with Crippen molar-refractivity contribution in [3.63, 3.8) is 0 Å². The molecule has 6 rings (SSSR count). The number of aromatic carboxylic acids is 1. The standard InChI is InChI=1S/C19H15NO5.C14H28N2O2/c1-23-16-6-3-7-17-18(16)11(10-25-17)9-24-15-5-2-4-13-12(15)8-14(20-13)19(21)22;1-11-10-16(8-4-13(11)17)9-7-14(18)5-2-12(15)3-6-14/h2-8,10,20H,9H2,1H3,(H,21,22);11-13,17-18H,2-10,15H2,1H3/t;11-,12?,13-,14?/m.0/s1. The number of hydrogen-bond donors (Lipinski definition) is 5. The fourth-order valence-corrected chi connectivity index (χ4v) is 6.14. The van der Waals surface area contributed by atoms with Crippen LogP contribution in [0.2, 0.25) is 0 Å². The number of aliphatic hydroxyl groups excluding tert-OH is 1. The number of nitrogens with one attached hydrogen (secondary N) is 1. The van der Waals surface area contributed by atoms with E-state index in [0.717, 1.165) is 85.8 Å². The van der Waals surface area contributed by atoms with Gasteiger partial charge in [0, 0.05) is 42.1 Å². The number of carboxylic acids is 1. The number of H-pyrrole nitrogens is 1. The molecule has 10 nitrogen and oxygen atoms in total. The molecule has 1 aliphatic carbocycles. The summed E-state index contributed by atoms with van der Waals surface area (Å²) in [6.07, 6.45) is 6.81. The number of nitrogens with two attached hydrogens (primary N) is 1. The van der Waals surface area contributed by atoms with Crippen LogP contribution in [-0.2, 0) is 6.61 Å². The van der Waals surface area contributed by atoms with Gasteiger partial charge in [0.15, 0.2) is 0 Å².